The summed E-state index contributed by atoms with van der Waals surface area (Å²) in [6.07, 6.45) is 0.264. The first-order chi connectivity index (χ1) is 8.53. The van der Waals surface area contributed by atoms with Crippen molar-refractivity contribution in [2.24, 2.45) is 0 Å². The molecular formula is C9H13ClN2O4S3. The van der Waals surface area contributed by atoms with Crippen LogP contribution in [0, 0.1) is 6.92 Å². The Morgan fingerprint density at radius 3 is 2.53 bits per heavy atom. The number of sulfone groups is 1. The second-order valence-corrected chi connectivity index (χ2v) is 10.5. The van der Waals surface area contributed by atoms with Crippen molar-refractivity contribution in [1.82, 2.24) is 9.71 Å². The van der Waals surface area contributed by atoms with E-state index in [9.17, 15) is 16.8 Å². The van der Waals surface area contributed by atoms with E-state index in [0.29, 0.717) is 5.69 Å². The van der Waals surface area contributed by atoms with Crippen molar-refractivity contribution in [1.29, 1.82) is 0 Å². The molecule has 1 unspecified atom stereocenters. The maximum Gasteiger partial charge on any atom is 0.252 e. The highest BCUT2D eigenvalue weighted by atomic mass is 35.5. The molecule has 0 radical (unpaired) electrons. The molecule has 0 spiro atoms. The van der Waals surface area contributed by atoms with E-state index in [-0.39, 0.29) is 26.6 Å². The van der Waals surface area contributed by atoms with Crippen LogP contribution in [0.2, 0.25) is 4.47 Å². The fourth-order valence-corrected chi connectivity index (χ4v) is 7.42. The molecule has 1 fully saturated rings. The minimum Gasteiger partial charge on any atom is -0.229 e. The lowest BCUT2D eigenvalue weighted by molar-refractivity contribution is 0.462. The molecule has 1 saturated heterocycles. The highest BCUT2D eigenvalue weighted by molar-refractivity contribution is 7.92. The summed E-state index contributed by atoms with van der Waals surface area (Å²) >= 11 is 6.55. The number of hydrogen-bond acceptors (Lipinski definition) is 6. The molecule has 0 bridgehead atoms. The van der Waals surface area contributed by atoms with Crippen LogP contribution in [0.4, 0.5) is 0 Å². The second kappa shape index (κ2) is 4.66. The standard InChI is InChI=1S/C9H13ClN2O4S3/c1-6-7(17-8(10)11-6)19(15,16)12-9(2)3-4-18(13,14)5-9/h12H,3-5H2,1-2H3. The van der Waals surface area contributed by atoms with Gasteiger partial charge in [0.2, 0.25) is 0 Å². The lowest BCUT2D eigenvalue weighted by atomic mass is 10.0. The van der Waals surface area contributed by atoms with Crippen LogP contribution >= 0.6 is 22.9 Å². The summed E-state index contributed by atoms with van der Waals surface area (Å²) in [4.78, 5) is 3.85. The average Bonchev–Trinajstić information content (AvgIpc) is 2.66. The van der Waals surface area contributed by atoms with Crippen molar-refractivity contribution in [2.75, 3.05) is 11.5 Å². The molecule has 0 amide bonds. The first kappa shape index (κ1) is 15.2. The maximum atomic E-state index is 12.2. The van der Waals surface area contributed by atoms with Gasteiger partial charge < -0.3 is 0 Å². The van der Waals surface area contributed by atoms with E-state index >= 15 is 0 Å². The Kier molecular flexibility index (Phi) is 3.72. The third kappa shape index (κ3) is 3.27. The van der Waals surface area contributed by atoms with E-state index in [1.165, 1.54) is 0 Å². The zero-order valence-electron chi connectivity index (χ0n) is 10.3. The van der Waals surface area contributed by atoms with Gasteiger partial charge >= 0.3 is 0 Å². The SMILES string of the molecule is Cc1nc(Cl)sc1S(=O)(=O)NC1(C)CCS(=O)(=O)C1. The Morgan fingerprint density at radius 2 is 2.11 bits per heavy atom. The quantitative estimate of drug-likeness (QED) is 0.881. The number of hydrogen-bond donors (Lipinski definition) is 1. The van der Waals surface area contributed by atoms with Crippen molar-refractivity contribution in [3.05, 3.63) is 10.2 Å². The topological polar surface area (TPSA) is 93.2 Å². The van der Waals surface area contributed by atoms with Crippen LogP contribution in [0.3, 0.4) is 0 Å². The summed E-state index contributed by atoms with van der Waals surface area (Å²) in [5.74, 6) is -0.195. The van der Waals surface area contributed by atoms with Gasteiger partial charge in [0.15, 0.2) is 18.5 Å². The number of nitrogens with zero attached hydrogens (tertiary/aromatic N) is 1. The first-order valence-electron chi connectivity index (χ1n) is 5.40. The summed E-state index contributed by atoms with van der Waals surface area (Å²) in [6.45, 7) is 3.14. The van der Waals surface area contributed by atoms with Gasteiger partial charge in [0.25, 0.3) is 10.0 Å². The van der Waals surface area contributed by atoms with Crippen molar-refractivity contribution >= 4 is 42.8 Å². The molecule has 0 aliphatic carbocycles. The summed E-state index contributed by atoms with van der Waals surface area (Å²) in [5.41, 5.74) is -0.660. The zero-order chi connectivity index (χ0) is 14.5. The van der Waals surface area contributed by atoms with Gasteiger partial charge in [-0.15, -0.1) is 0 Å². The predicted molar refractivity (Wildman–Crippen MR) is 73.9 cm³/mol. The number of halogens is 1. The van der Waals surface area contributed by atoms with Gasteiger partial charge in [-0.05, 0) is 20.3 Å². The molecule has 19 heavy (non-hydrogen) atoms. The normalized spacial score (nSPS) is 26.7. The van der Waals surface area contributed by atoms with Gasteiger partial charge in [0, 0.05) is 5.54 Å². The van der Waals surface area contributed by atoms with Gasteiger partial charge in [-0.3, -0.25) is 0 Å². The van der Waals surface area contributed by atoms with Crippen LogP contribution in [0.15, 0.2) is 4.21 Å². The molecule has 6 nitrogen and oxygen atoms in total. The minimum absolute atomic E-state index is 0.00551. The van der Waals surface area contributed by atoms with Crippen molar-refractivity contribution in [3.8, 4) is 0 Å². The van der Waals surface area contributed by atoms with E-state index in [1.54, 1.807) is 13.8 Å². The Morgan fingerprint density at radius 1 is 1.47 bits per heavy atom. The summed E-state index contributed by atoms with van der Waals surface area (Å²) < 4.78 is 50.1. The highest BCUT2D eigenvalue weighted by Crippen LogP contribution is 2.30. The van der Waals surface area contributed by atoms with Crippen LogP contribution < -0.4 is 4.72 Å². The lowest BCUT2D eigenvalue weighted by Crippen LogP contribution is -2.46. The fourth-order valence-electron chi connectivity index (χ4n) is 2.06. The number of rotatable bonds is 3. The number of aromatic nitrogens is 1. The van der Waals surface area contributed by atoms with Gasteiger partial charge in [0.05, 0.1) is 17.2 Å². The van der Waals surface area contributed by atoms with E-state index in [2.05, 4.69) is 9.71 Å². The molecule has 1 aliphatic rings. The van der Waals surface area contributed by atoms with Crippen LogP contribution in [0.5, 0.6) is 0 Å². The van der Waals surface area contributed by atoms with Gasteiger partial charge in [0.1, 0.15) is 0 Å². The lowest BCUT2D eigenvalue weighted by Gasteiger charge is -2.23. The largest absolute Gasteiger partial charge is 0.252 e. The van der Waals surface area contributed by atoms with Crippen molar-refractivity contribution in [2.45, 2.75) is 30.0 Å². The maximum absolute atomic E-state index is 12.2. The van der Waals surface area contributed by atoms with E-state index in [1.807, 2.05) is 0 Å². The van der Waals surface area contributed by atoms with Crippen LogP contribution in [0.1, 0.15) is 19.0 Å². The van der Waals surface area contributed by atoms with Gasteiger partial charge in [-0.25, -0.2) is 26.5 Å². The highest BCUT2D eigenvalue weighted by Gasteiger charge is 2.42. The van der Waals surface area contributed by atoms with Gasteiger partial charge in [-0.1, -0.05) is 22.9 Å². The summed E-state index contributed by atoms with van der Waals surface area (Å²) in [5, 5.41) is 0. The third-order valence-corrected chi connectivity index (χ3v) is 8.27. The third-order valence-electron chi connectivity index (χ3n) is 2.86. The summed E-state index contributed by atoms with van der Waals surface area (Å²) in [7, 11) is -6.98. The Bertz CT molecular complexity index is 710. The zero-order valence-corrected chi connectivity index (χ0v) is 13.5. The molecule has 1 aliphatic heterocycles. The number of sulfonamides is 1. The molecule has 108 valence electrons. The monoisotopic (exact) mass is 344 g/mol. The minimum atomic E-state index is -3.81. The van der Waals surface area contributed by atoms with Crippen molar-refractivity contribution < 1.29 is 16.8 Å². The number of nitrogens with one attached hydrogen (secondary N) is 1. The molecule has 1 aromatic heterocycles. The summed E-state index contributed by atoms with van der Waals surface area (Å²) in [6, 6.07) is 0. The molecule has 1 atom stereocenters. The Labute approximate surface area is 121 Å². The van der Waals surface area contributed by atoms with Crippen LogP contribution in [-0.2, 0) is 19.9 Å². The molecule has 0 saturated carbocycles. The van der Waals surface area contributed by atoms with E-state index in [0.717, 1.165) is 11.3 Å². The second-order valence-electron chi connectivity index (χ2n) is 4.85. The van der Waals surface area contributed by atoms with Crippen LogP contribution in [0.25, 0.3) is 0 Å². The van der Waals surface area contributed by atoms with E-state index in [4.69, 9.17) is 11.6 Å². The number of aryl methyl sites for hydroxylation is 1. The van der Waals surface area contributed by atoms with E-state index < -0.39 is 25.4 Å². The average molecular weight is 345 g/mol. The molecule has 2 rings (SSSR count). The molecule has 1 N–H and O–H groups in total. The number of thiazole rings is 1. The van der Waals surface area contributed by atoms with Crippen LogP contribution in [-0.4, -0.2) is 38.9 Å². The predicted octanol–water partition coefficient (Wildman–Crippen LogP) is 0.960. The van der Waals surface area contributed by atoms with Gasteiger partial charge in [-0.2, -0.15) is 0 Å². The Hall–Kier alpha value is -0.220. The fraction of sp³-hybridized carbons (Fsp3) is 0.667. The molecule has 1 aromatic rings. The first-order valence-corrected chi connectivity index (χ1v) is 9.90. The molecular weight excluding hydrogens is 332 g/mol. The molecule has 10 heteroatoms. The smallest absolute Gasteiger partial charge is 0.229 e. The Balaban J connectivity index is 2.31. The van der Waals surface area contributed by atoms with Crippen molar-refractivity contribution in [3.63, 3.8) is 0 Å². The molecule has 2 heterocycles. The molecule has 0 aromatic carbocycles.